The molecule has 2 aromatic rings. The number of allylic oxidation sites excluding steroid dienone is 2. The van der Waals surface area contributed by atoms with Crippen molar-refractivity contribution in [1.82, 2.24) is 15.6 Å². The SMILES string of the molecule is CC.CC.CC.CCNC(=O)OC(C)(C)C.CNC(=O)c1cc2cc3c(nc2s1)CCC(C(C)(C)C)C3.O=[N+]([O-])C1=CCCCCC1. The van der Waals surface area contributed by atoms with Gasteiger partial charge in [-0.05, 0) is 101 Å². The molecule has 4 rings (SSSR count). The van der Waals surface area contributed by atoms with E-state index in [4.69, 9.17) is 9.72 Å². The van der Waals surface area contributed by atoms with Gasteiger partial charge in [0.2, 0.25) is 5.70 Å². The van der Waals surface area contributed by atoms with Crippen molar-refractivity contribution in [3.8, 4) is 0 Å². The first kappa shape index (κ1) is 46.1. The van der Waals surface area contributed by atoms with E-state index in [2.05, 4.69) is 37.5 Å². The van der Waals surface area contributed by atoms with Gasteiger partial charge in [0, 0.05) is 31.1 Å². The van der Waals surface area contributed by atoms with Crippen LogP contribution in [0.15, 0.2) is 23.9 Å². The number of rotatable bonds is 3. The van der Waals surface area contributed by atoms with Crippen LogP contribution in [-0.4, -0.2) is 41.1 Å². The van der Waals surface area contributed by atoms with Crippen LogP contribution in [0.2, 0.25) is 0 Å². The van der Waals surface area contributed by atoms with Gasteiger partial charge in [-0.1, -0.05) is 68.7 Å². The summed E-state index contributed by atoms with van der Waals surface area (Å²) in [5, 5.41) is 16.6. The van der Waals surface area contributed by atoms with Gasteiger partial charge in [-0.2, -0.15) is 0 Å². The number of hydrogen-bond acceptors (Lipinski definition) is 7. The number of alkyl carbamates (subject to hydrolysis) is 1. The number of fused-ring (bicyclic) bond motifs is 2. The largest absolute Gasteiger partial charge is 0.444 e. The third kappa shape index (κ3) is 18.2. The number of ether oxygens (including phenoxy) is 1. The Morgan fingerprint density at radius 2 is 1.62 bits per heavy atom. The molecule has 0 saturated carbocycles. The van der Waals surface area contributed by atoms with Crippen molar-refractivity contribution in [2.24, 2.45) is 11.3 Å². The molecule has 0 aromatic carbocycles. The number of pyridine rings is 1. The minimum absolute atomic E-state index is 0.0245. The van der Waals surface area contributed by atoms with E-state index in [1.807, 2.05) is 75.3 Å². The zero-order valence-corrected chi connectivity index (χ0v) is 32.8. The number of thiophene rings is 1. The predicted molar refractivity (Wildman–Crippen MR) is 200 cm³/mol. The van der Waals surface area contributed by atoms with Gasteiger partial charge in [0.15, 0.2) is 0 Å². The molecule has 2 heterocycles. The number of nitro groups is 1. The molecule has 270 valence electrons. The van der Waals surface area contributed by atoms with Crippen molar-refractivity contribution in [2.45, 2.75) is 147 Å². The summed E-state index contributed by atoms with van der Waals surface area (Å²) in [7, 11) is 1.67. The number of aryl methyl sites for hydroxylation is 1. The van der Waals surface area contributed by atoms with Crippen molar-refractivity contribution < 1.29 is 19.2 Å². The molecule has 0 bridgehead atoms. The van der Waals surface area contributed by atoms with E-state index in [1.165, 1.54) is 29.0 Å². The van der Waals surface area contributed by atoms with Crippen LogP contribution in [0.4, 0.5) is 4.79 Å². The molecule has 2 aromatic heterocycles. The van der Waals surface area contributed by atoms with Crippen LogP contribution >= 0.6 is 11.3 Å². The monoisotopic (exact) mass is 678 g/mol. The highest BCUT2D eigenvalue weighted by atomic mass is 32.1. The van der Waals surface area contributed by atoms with Crippen molar-refractivity contribution in [1.29, 1.82) is 0 Å². The molecule has 2 amide bonds. The Morgan fingerprint density at radius 1 is 1.00 bits per heavy atom. The van der Waals surface area contributed by atoms with Gasteiger partial charge < -0.3 is 15.4 Å². The summed E-state index contributed by atoms with van der Waals surface area (Å²) < 4.78 is 4.93. The molecule has 0 fully saturated rings. The highest BCUT2D eigenvalue weighted by molar-refractivity contribution is 7.20. The van der Waals surface area contributed by atoms with Crippen LogP contribution in [0.3, 0.4) is 0 Å². The molecule has 10 heteroatoms. The van der Waals surface area contributed by atoms with Crippen molar-refractivity contribution in [3.63, 3.8) is 0 Å². The van der Waals surface area contributed by atoms with Gasteiger partial charge in [0.25, 0.3) is 5.91 Å². The molecule has 1 atom stereocenters. The maximum atomic E-state index is 11.8. The van der Waals surface area contributed by atoms with Crippen LogP contribution in [0.1, 0.15) is 149 Å². The van der Waals surface area contributed by atoms with Crippen molar-refractivity contribution >= 4 is 33.6 Å². The normalized spacial score (nSPS) is 15.1. The highest BCUT2D eigenvalue weighted by Crippen LogP contribution is 2.38. The van der Waals surface area contributed by atoms with Crippen LogP contribution < -0.4 is 10.6 Å². The lowest BCUT2D eigenvalue weighted by atomic mass is 9.71. The molecule has 9 nitrogen and oxygen atoms in total. The number of hydrogen-bond donors (Lipinski definition) is 2. The molecular weight excluding hydrogens is 612 g/mol. The summed E-state index contributed by atoms with van der Waals surface area (Å²) in [5.74, 6) is 0.685. The fourth-order valence-corrected chi connectivity index (χ4v) is 5.70. The summed E-state index contributed by atoms with van der Waals surface area (Å²) in [5.41, 5.74) is 2.97. The Labute approximate surface area is 289 Å². The second-order valence-corrected chi connectivity index (χ2v) is 13.6. The smallest absolute Gasteiger partial charge is 0.407 e. The zero-order valence-electron chi connectivity index (χ0n) is 32.0. The average Bonchev–Trinajstić information content (AvgIpc) is 3.24. The first-order chi connectivity index (χ1) is 22.1. The van der Waals surface area contributed by atoms with E-state index in [0.717, 1.165) is 53.6 Å². The lowest BCUT2D eigenvalue weighted by Crippen LogP contribution is -2.32. The van der Waals surface area contributed by atoms with E-state index in [-0.39, 0.29) is 22.5 Å². The minimum atomic E-state index is -0.390. The Bertz CT molecular complexity index is 1230. The number of carbonyl (C=O) groups excluding carboxylic acids is 2. The maximum absolute atomic E-state index is 11.8. The van der Waals surface area contributed by atoms with Gasteiger partial charge in [-0.3, -0.25) is 14.9 Å². The topological polar surface area (TPSA) is 123 Å². The summed E-state index contributed by atoms with van der Waals surface area (Å²) in [6, 6.07) is 4.21. The number of carbonyl (C=O) groups is 2. The lowest BCUT2D eigenvalue weighted by molar-refractivity contribution is -0.428. The summed E-state index contributed by atoms with van der Waals surface area (Å²) >= 11 is 1.49. The number of aromatic nitrogens is 1. The first-order valence-corrected chi connectivity index (χ1v) is 18.4. The fourth-order valence-electron chi connectivity index (χ4n) is 4.72. The van der Waals surface area contributed by atoms with E-state index < -0.39 is 0 Å². The third-order valence-corrected chi connectivity index (χ3v) is 8.06. The summed E-state index contributed by atoms with van der Waals surface area (Å²) in [6.07, 6.45) is 9.54. The van der Waals surface area contributed by atoms with Crippen LogP contribution in [0.5, 0.6) is 0 Å². The molecule has 0 aliphatic heterocycles. The molecule has 2 aliphatic rings. The molecular formula is C37H66N4O5S. The number of nitrogens with zero attached hydrogens (tertiary/aromatic N) is 2. The Morgan fingerprint density at radius 3 is 2.13 bits per heavy atom. The van der Waals surface area contributed by atoms with Gasteiger partial charge in [0.05, 0.1) is 9.80 Å². The van der Waals surface area contributed by atoms with Crippen LogP contribution in [0, 0.1) is 21.4 Å². The van der Waals surface area contributed by atoms with E-state index in [1.54, 1.807) is 13.1 Å². The van der Waals surface area contributed by atoms with E-state index in [9.17, 15) is 19.7 Å². The van der Waals surface area contributed by atoms with E-state index >= 15 is 0 Å². The zero-order chi connectivity index (χ0) is 36.8. The molecule has 0 radical (unpaired) electrons. The molecule has 2 aliphatic carbocycles. The average molecular weight is 679 g/mol. The lowest BCUT2D eigenvalue weighted by Gasteiger charge is -2.34. The Balaban J connectivity index is 0. The second kappa shape index (κ2) is 24.2. The highest BCUT2D eigenvalue weighted by Gasteiger charge is 2.29. The molecule has 0 spiro atoms. The fraction of sp³-hybridized carbons (Fsp3) is 0.703. The van der Waals surface area contributed by atoms with Gasteiger partial charge >= 0.3 is 6.09 Å². The quantitative estimate of drug-likeness (QED) is 0.246. The van der Waals surface area contributed by atoms with Crippen LogP contribution in [-0.2, 0) is 17.6 Å². The molecule has 2 N–H and O–H groups in total. The van der Waals surface area contributed by atoms with Gasteiger partial charge in [-0.25, -0.2) is 9.78 Å². The minimum Gasteiger partial charge on any atom is -0.444 e. The standard InChI is InChI=1S/C17H22N2OS.C7H11NO2.C7H15NO2.3C2H6/c1-17(2,3)12-5-6-13-10(8-12)7-11-9-14(15(20)18-4)21-16(11)19-13;9-8(10)7-5-3-1-2-4-6-7;1-5-8-6(9)10-7(2,3)4;3*1-2/h7,9,12H,5-6,8H2,1-4H3,(H,18,20);5H,1-4,6H2;5H2,1-4H3,(H,8,9);3*1-2H3. The number of amides is 2. The third-order valence-electron chi connectivity index (χ3n) is 7.02. The summed E-state index contributed by atoms with van der Waals surface area (Å²) in [4.78, 5) is 39.0. The van der Waals surface area contributed by atoms with E-state index in [0.29, 0.717) is 30.0 Å². The van der Waals surface area contributed by atoms with Gasteiger partial charge in [0.1, 0.15) is 10.4 Å². The number of nitrogens with one attached hydrogen (secondary N) is 2. The maximum Gasteiger partial charge on any atom is 0.407 e. The predicted octanol–water partition coefficient (Wildman–Crippen LogP) is 10.5. The molecule has 0 saturated heterocycles. The Hall–Kier alpha value is -3.01. The van der Waals surface area contributed by atoms with Gasteiger partial charge in [-0.15, -0.1) is 11.3 Å². The van der Waals surface area contributed by atoms with Crippen molar-refractivity contribution in [2.75, 3.05) is 13.6 Å². The first-order valence-electron chi connectivity index (χ1n) is 17.6. The summed E-state index contributed by atoms with van der Waals surface area (Å²) in [6.45, 7) is 26.9. The molecule has 47 heavy (non-hydrogen) atoms. The molecule has 1 unspecified atom stereocenters. The second-order valence-electron chi connectivity index (χ2n) is 12.6. The van der Waals surface area contributed by atoms with Crippen molar-refractivity contribution in [3.05, 3.63) is 50.2 Å². The van der Waals surface area contributed by atoms with Crippen LogP contribution in [0.25, 0.3) is 10.2 Å². The Kier molecular flexibility index (Phi) is 23.7.